The van der Waals surface area contributed by atoms with E-state index in [0.29, 0.717) is 30.1 Å². The molecule has 1 aliphatic rings. The van der Waals surface area contributed by atoms with Crippen molar-refractivity contribution in [1.82, 2.24) is 15.0 Å². The summed E-state index contributed by atoms with van der Waals surface area (Å²) in [5.74, 6) is 0.601. The summed E-state index contributed by atoms with van der Waals surface area (Å²) < 4.78 is 18.2. The maximum atomic E-state index is 13.0. The van der Waals surface area contributed by atoms with Crippen molar-refractivity contribution >= 4 is 17.2 Å². The molecule has 3 aromatic rings. The zero-order valence-electron chi connectivity index (χ0n) is 14.3. The molecule has 0 saturated carbocycles. The third-order valence-electron chi connectivity index (χ3n) is 4.72. The number of nitrogens with zero attached hydrogens (tertiary/aromatic N) is 3. The summed E-state index contributed by atoms with van der Waals surface area (Å²) in [6.07, 6.45) is 1.64. The summed E-state index contributed by atoms with van der Waals surface area (Å²) >= 11 is 1.76. The van der Waals surface area contributed by atoms with Gasteiger partial charge in [-0.3, -0.25) is 4.79 Å². The molecular weight excluding hydrogens is 353 g/mol. The van der Waals surface area contributed by atoms with Crippen LogP contribution in [0.3, 0.4) is 0 Å². The number of benzene rings is 1. The highest BCUT2D eigenvalue weighted by Gasteiger charge is 2.28. The highest BCUT2D eigenvalue weighted by atomic mass is 32.1. The fourth-order valence-corrected chi connectivity index (χ4v) is 4.24. The summed E-state index contributed by atoms with van der Waals surface area (Å²) in [7, 11) is 0. The Morgan fingerprint density at radius 1 is 1.35 bits per heavy atom. The molecular formula is C19H18FN3O2S. The van der Waals surface area contributed by atoms with Gasteiger partial charge in [-0.25, -0.2) is 4.39 Å². The van der Waals surface area contributed by atoms with Crippen molar-refractivity contribution in [2.45, 2.75) is 32.2 Å². The monoisotopic (exact) mass is 371 g/mol. The van der Waals surface area contributed by atoms with Crippen LogP contribution in [0.15, 0.2) is 40.2 Å². The van der Waals surface area contributed by atoms with Crippen LogP contribution in [-0.2, 0) is 17.6 Å². The van der Waals surface area contributed by atoms with Crippen LogP contribution in [0.5, 0.6) is 0 Å². The largest absolute Gasteiger partial charge is 0.339 e. The summed E-state index contributed by atoms with van der Waals surface area (Å²) in [5.41, 5.74) is 1.94. The van der Waals surface area contributed by atoms with Crippen LogP contribution < -0.4 is 0 Å². The van der Waals surface area contributed by atoms with Crippen molar-refractivity contribution in [3.05, 3.63) is 57.9 Å². The number of carbonyl (C=O) groups is 1. The fraction of sp³-hybridized carbons (Fsp3) is 0.316. The standard InChI is InChI=1S/C19H18FN3O2S/c1-12-15-9-11-26-16(15)8-10-23(12)18(24)7-6-17-21-19(22-25-17)13-2-4-14(20)5-3-13/h2-5,9,11-12H,6-8,10H2,1H3/t12-/m1/s1. The molecule has 1 atom stereocenters. The Labute approximate surface area is 154 Å². The maximum Gasteiger partial charge on any atom is 0.227 e. The van der Waals surface area contributed by atoms with Crippen LogP contribution in [0.1, 0.15) is 35.7 Å². The molecule has 1 aliphatic heterocycles. The minimum atomic E-state index is -0.313. The van der Waals surface area contributed by atoms with Gasteiger partial charge in [-0.1, -0.05) is 5.16 Å². The van der Waals surface area contributed by atoms with Gasteiger partial charge in [0.05, 0.1) is 6.04 Å². The molecule has 7 heteroatoms. The van der Waals surface area contributed by atoms with E-state index in [1.807, 2.05) is 4.90 Å². The van der Waals surface area contributed by atoms with Crippen molar-refractivity contribution in [2.75, 3.05) is 6.54 Å². The number of aromatic nitrogens is 2. The lowest BCUT2D eigenvalue weighted by atomic mass is 10.0. The Bertz CT molecular complexity index is 919. The Morgan fingerprint density at radius 3 is 2.96 bits per heavy atom. The van der Waals surface area contributed by atoms with Crippen LogP contribution in [0.4, 0.5) is 4.39 Å². The van der Waals surface area contributed by atoms with Crippen molar-refractivity contribution in [1.29, 1.82) is 0 Å². The third-order valence-corrected chi connectivity index (χ3v) is 5.72. The first-order valence-electron chi connectivity index (χ1n) is 8.56. The molecule has 0 N–H and O–H groups in total. The van der Waals surface area contributed by atoms with Gasteiger partial charge in [0.15, 0.2) is 0 Å². The number of halogens is 1. The molecule has 0 radical (unpaired) electrons. The van der Waals surface area contributed by atoms with Gasteiger partial charge in [0, 0.05) is 29.8 Å². The van der Waals surface area contributed by atoms with Crippen molar-refractivity contribution in [2.24, 2.45) is 0 Å². The smallest absolute Gasteiger partial charge is 0.227 e. The average molecular weight is 371 g/mol. The van der Waals surface area contributed by atoms with Gasteiger partial charge in [-0.2, -0.15) is 4.98 Å². The first kappa shape index (κ1) is 16.9. The van der Waals surface area contributed by atoms with E-state index in [4.69, 9.17) is 4.52 Å². The van der Waals surface area contributed by atoms with E-state index < -0.39 is 0 Å². The minimum absolute atomic E-state index is 0.0934. The molecule has 0 aliphatic carbocycles. The van der Waals surface area contributed by atoms with Crippen LogP contribution in [0.2, 0.25) is 0 Å². The lowest BCUT2D eigenvalue weighted by Crippen LogP contribution is -2.38. The zero-order chi connectivity index (χ0) is 18.1. The minimum Gasteiger partial charge on any atom is -0.339 e. The van der Waals surface area contributed by atoms with Crippen molar-refractivity contribution < 1.29 is 13.7 Å². The lowest BCUT2D eigenvalue weighted by molar-refractivity contribution is -0.133. The Balaban J connectivity index is 1.39. The molecule has 0 saturated heterocycles. The number of fused-ring (bicyclic) bond motifs is 1. The molecule has 0 fully saturated rings. The highest BCUT2D eigenvalue weighted by Crippen LogP contribution is 2.33. The van der Waals surface area contributed by atoms with Gasteiger partial charge in [-0.15, -0.1) is 11.3 Å². The molecule has 5 nitrogen and oxygen atoms in total. The number of aryl methyl sites for hydroxylation is 1. The average Bonchev–Trinajstić information content (AvgIpc) is 3.30. The van der Waals surface area contributed by atoms with E-state index in [-0.39, 0.29) is 17.8 Å². The number of hydrogen-bond acceptors (Lipinski definition) is 5. The second-order valence-corrected chi connectivity index (χ2v) is 7.33. The fourth-order valence-electron chi connectivity index (χ4n) is 3.28. The van der Waals surface area contributed by atoms with Gasteiger partial charge in [0.25, 0.3) is 0 Å². The normalized spacial score (nSPS) is 16.5. The Kier molecular flexibility index (Phi) is 4.55. The molecule has 1 aromatic carbocycles. The van der Waals surface area contributed by atoms with E-state index in [0.717, 1.165) is 13.0 Å². The second kappa shape index (κ2) is 6.99. The lowest BCUT2D eigenvalue weighted by Gasteiger charge is -2.33. The van der Waals surface area contributed by atoms with Crippen molar-refractivity contribution in [3.63, 3.8) is 0 Å². The SMILES string of the molecule is C[C@@H]1c2ccsc2CCN1C(=O)CCc1nc(-c2ccc(F)cc2)no1. The molecule has 1 amide bonds. The molecule has 2 aromatic heterocycles. The number of hydrogen-bond donors (Lipinski definition) is 0. The van der Waals surface area contributed by atoms with Gasteiger partial charge in [-0.05, 0) is 54.6 Å². The quantitative estimate of drug-likeness (QED) is 0.695. The number of thiophene rings is 1. The first-order chi connectivity index (χ1) is 12.6. The summed E-state index contributed by atoms with van der Waals surface area (Å²) in [4.78, 5) is 20.2. The highest BCUT2D eigenvalue weighted by molar-refractivity contribution is 7.10. The predicted molar refractivity (Wildman–Crippen MR) is 96.2 cm³/mol. The molecule has 26 heavy (non-hydrogen) atoms. The van der Waals surface area contributed by atoms with E-state index >= 15 is 0 Å². The summed E-state index contributed by atoms with van der Waals surface area (Å²) in [6.45, 7) is 2.82. The maximum absolute atomic E-state index is 13.0. The molecule has 0 spiro atoms. The number of amides is 1. The van der Waals surface area contributed by atoms with Gasteiger partial charge in [0.1, 0.15) is 5.82 Å². The predicted octanol–water partition coefficient (Wildman–Crippen LogP) is 4.02. The van der Waals surface area contributed by atoms with Crippen LogP contribution in [0.25, 0.3) is 11.4 Å². The zero-order valence-corrected chi connectivity index (χ0v) is 15.1. The molecule has 134 valence electrons. The van der Waals surface area contributed by atoms with E-state index in [2.05, 4.69) is 28.5 Å². The Morgan fingerprint density at radius 2 is 2.15 bits per heavy atom. The van der Waals surface area contributed by atoms with Crippen molar-refractivity contribution in [3.8, 4) is 11.4 Å². The van der Waals surface area contributed by atoms with E-state index in [1.54, 1.807) is 23.5 Å². The van der Waals surface area contributed by atoms with Crippen LogP contribution >= 0.6 is 11.3 Å². The number of rotatable bonds is 4. The molecule has 0 unspecified atom stereocenters. The molecule has 3 heterocycles. The van der Waals surface area contributed by atoms with Crippen LogP contribution in [0, 0.1) is 5.82 Å². The topological polar surface area (TPSA) is 59.2 Å². The Hall–Kier alpha value is -2.54. The first-order valence-corrected chi connectivity index (χ1v) is 9.44. The van der Waals surface area contributed by atoms with Gasteiger partial charge < -0.3 is 9.42 Å². The summed E-state index contributed by atoms with van der Waals surface area (Å²) in [5, 5.41) is 6.00. The second-order valence-electron chi connectivity index (χ2n) is 6.33. The molecule has 4 rings (SSSR count). The van der Waals surface area contributed by atoms with Crippen LogP contribution in [-0.4, -0.2) is 27.5 Å². The molecule has 0 bridgehead atoms. The third kappa shape index (κ3) is 3.26. The number of carbonyl (C=O) groups excluding carboxylic acids is 1. The van der Waals surface area contributed by atoms with Gasteiger partial charge >= 0.3 is 0 Å². The van der Waals surface area contributed by atoms with E-state index in [1.165, 1.54) is 22.6 Å². The van der Waals surface area contributed by atoms with E-state index in [9.17, 15) is 9.18 Å². The summed E-state index contributed by atoms with van der Waals surface area (Å²) in [6, 6.07) is 8.12. The van der Waals surface area contributed by atoms with Gasteiger partial charge in [0.2, 0.25) is 17.6 Å².